The number of carbonyl (C=O) groups is 2. The van der Waals surface area contributed by atoms with Crippen LogP contribution in [0.25, 0.3) is 0 Å². The van der Waals surface area contributed by atoms with Gasteiger partial charge in [-0.05, 0) is 19.2 Å². The van der Waals surface area contributed by atoms with Gasteiger partial charge in [-0.2, -0.15) is 0 Å². The number of carboxylic acids is 2. The fraction of sp³-hybridized carbons (Fsp3) is 0.400. The number of hydrogen-bond donors (Lipinski definition) is 3. The maximum Gasteiger partial charge on any atom is 0.327 e. The highest BCUT2D eigenvalue weighted by Crippen LogP contribution is 2.17. The topological polar surface area (TPSA) is 93.6 Å². The molecule has 88 valence electrons. The van der Waals surface area contributed by atoms with E-state index in [-0.39, 0.29) is 13.0 Å². The molecule has 0 spiro atoms. The third kappa shape index (κ3) is 3.09. The minimum absolute atomic E-state index is 0.0824. The van der Waals surface area contributed by atoms with Gasteiger partial charge in [0, 0.05) is 18.4 Å². The summed E-state index contributed by atoms with van der Waals surface area (Å²) in [4.78, 5) is 25.8. The van der Waals surface area contributed by atoms with Gasteiger partial charge in [0.2, 0.25) is 0 Å². The van der Waals surface area contributed by atoms with Crippen LogP contribution in [0.2, 0.25) is 0 Å². The van der Waals surface area contributed by atoms with Crippen LogP contribution < -0.4 is 0 Å². The predicted octanol–water partition coefficient (Wildman–Crippen LogP) is 0.547. The van der Waals surface area contributed by atoms with Crippen molar-refractivity contribution in [2.75, 3.05) is 13.6 Å². The third-order valence-electron chi connectivity index (χ3n) is 2.27. The van der Waals surface area contributed by atoms with E-state index in [1.54, 1.807) is 25.4 Å². The van der Waals surface area contributed by atoms with Crippen molar-refractivity contribution in [1.29, 1.82) is 0 Å². The first-order valence-corrected chi connectivity index (χ1v) is 4.80. The molecule has 1 atom stereocenters. The number of likely N-dealkylation sites (N-methyl/N-ethyl adjacent to an activating group) is 1. The number of H-pyrrole nitrogens is 1. The van der Waals surface area contributed by atoms with Crippen molar-refractivity contribution in [3.05, 3.63) is 24.0 Å². The molecule has 1 aromatic rings. The Bertz CT molecular complexity index is 361. The molecule has 0 aliphatic rings. The Morgan fingerprint density at radius 3 is 2.62 bits per heavy atom. The second kappa shape index (κ2) is 5.32. The molecule has 3 N–H and O–H groups in total. The minimum atomic E-state index is -1.00. The first-order chi connectivity index (χ1) is 7.52. The molecule has 0 bridgehead atoms. The molecule has 0 saturated carbocycles. The average Bonchev–Trinajstić information content (AvgIpc) is 2.67. The summed E-state index contributed by atoms with van der Waals surface area (Å²) in [6.07, 6.45) is 1.55. The number of rotatable bonds is 6. The van der Waals surface area contributed by atoms with Gasteiger partial charge >= 0.3 is 11.9 Å². The lowest BCUT2D eigenvalue weighted by Gasteiger charge is -2.22. The van der Waals surface area contributed by atoms with Gasteiger partial charge in [-0.3, -0.25) is 14.5 Å². The zero-order valence-corrected chi connectivity index (χ0v) is 8.88. The van der Waals surface area contributed by atoms with Crippen LogP contribution in [0, 0.1) is 0 Å². The van der Waals surface area contributed by atoms with Crippen LogP contribution in [-0.4, -0.2) is 45.6 Å². The normalized spacial score (nSPS) is 12.6. The summed E-state index contributed by atoms with van der Waals surface area (Å²) in [5.41, 5.74) is 0.542. The summed E-state index contributed by atoms with van der Waals surface area (Å²) in [6.45, 7) is 0.186. The predicted molar refractivity (Wildman–Crippen MR) is 56.1 cm³/mol. The average molecular weight is 226 g/mol. The smallest absolute Gasteiger partial charge is 0.327 e. The van der Waals surface area contributed by atoms with Crippen LogP contribution >= 0.6 is 0 Å². The van der Waals surface area contributed by atoms with Crippen LogP contribution in [0.15, 0.2) is 18.3 Å². The van der Waals surface area contributed by atoms with E-state index in [0.29, 0.717) is 5.69 Å². The largest absolute Gasteiger partial charge is 0.481 e. The van der Waals surface area contributed by atoms with E-state index in [0.717, 1.165) is 0 Å². The van der Waals surface area contributed by atoms with E-state index >= 15 is 0 Å². The second-order valence-electron chi connectivity index (χ2n) is 3.49. The molecule has 0 aromatic carbocycles. The molecule has 0 aliphatic heterocycles. The van der Waals surface area contributed by atoms with E-state index in [2.05, 4.69) is 4.98 Å². The van der Waals surface area contributed by atoms with Crippen LogP contribution in [0.3, 0.4) is 0 Å². The molecule has 1 heterocycles. The van der Waals surface area contributed by atoms with Crippen LogP contribution in [-0.2, 0) is 9.59 Å². The van der Waals surface area contributed by atoms with Crippen molar-refractivity contribution >= 4 is 11.9 Å². The minimum Gasteiger partial charge on any atom is -0.481 e. The van der Waals surface area contributed by atoms with Gasteiger partial charge in [-0.25, -0.2) is 0 Å². The quantitative estimate of drug-likeness (QED) is 0.658. The molecule has 1 unspecified atom stereocenters. The Hall–Kier alpha value is -1.82. The molecule has 0 aliphatic carbocycles. The molecular weight excluding hydrogens is 212 g/mol. The lowest BCUT2D eigenvalue weighted by molar-refractivity contribution is -0.144. The molecule has 0 radical (unpaired) electrons. The molecule has 1 aromatic heterocycles. The second-order valence-corrected chi connectivity index (χ2v) is 3.49. The zero-order chi connectivity index (χ0) is 12.1. The van der Waals surface area contributed by atoms with Crippen molar-refractivity contribution in [3.63, 3.8) is 0 Å². The number of aromatic nitrogens is 1. The van der Waals surface area contributed by atoms with Crippen molar-refractivity contribution < 1.29 is 19.8 Å². The number of nitrogens with zero attached hydrogens (tertiary/aromatic N) is 1. The molecule has 6 nitrogen and oxygen atoms in total. The highest BCUT2D eigenvalue weighted by atomic mass is 16.4. The first kappa shape index (κ1) is 12.3. The van der Waals surface area contributed by atoms with Gasteiger partial charge in [0.25, 0.3) is 0 Å². The van der Waals surface area contributed by atoms with Crippen molar-refractivity contribution in [3.8, 4) is 0 Å². The van der Waals surface area contributed by atoms with Gasteiger partial charge in [-0.15, -0.1) is 0 Å². The fourth-order valence-electron chi connectivity index (χ4n) is 1.47. The lowest BCUT2D eigenvalue weighted by atomic mass is 10.2. The Morgan fingerprint density at radius 2 is 2.19 bits per heavy atom. The lowest BCUT2D eigenvalue weighted by Crippen LogP contribution is -2.32. The molecule has 6 heteroatoms. The van der Waals surface area contributed by atoms with Crippen molar-refractivity contribution in [1.82, 2.24) is 9.88 Å². The summed E-state index contributed by atoms with van der Waals surface area (Å²) in [5.74, 6) is -1.95. The van der Waals surface area contributed by atoms with Gasteiger partial charge < -0.3 is 15.2 Å². The molecule has 0 fully saturated rings. The summed E-state index contributed by atoms with van der Waals surface area (Å²) in [5, 5.41) is 17.6. The van der Waals surface area contributed by atoms with E-state index in [9.17, 15) is 9.59 Å². The molecular formula is C10H14N2O4. The van der Waals surface area contributed by atoms with Crippen LogP contribution in [0.1, 0.15) is 18.2 Å². The van der Waals surface area contributed by atoms with Gasteiger partial charge in [0.1, 0.15) is 6.04 Å². The van der Waals surface area contributed by atoms with Gasteiger partial charge in [0.15, 0.2) is 0 Å². The maximum absolute atomic E-state index is 11.1. The Labute approximate surface area is 92.5 Å². The SMILES string of the molecule is CN(CCC(=O)O)C(C(=O)O)c1ccc[nH]1. The Morgan fingerprint density at radius 1 is 1.50 bits per heavy atom. The van der Waals surface area contributed by atoms with Crippen molar-refractivity contribution in [2.24, 2.45) is 0 Å². The van der Waals surface area contributed by atoms with E-state index < -0.39 is 18.0 Å². The highest BCUT2D eigenvalue weighted by Gasteiger charge is 2.25. The number of carboxylic acid groups (broad SMARTS) is 2. The van der Waals surface area contributed by atoms with Crippen molar-refractivity contribution in [2.45, 2.75) is 12.5 Å². The van der Waals surface area contributed by atoms with E-state index in [1.165, 1.54) is 4.90 Å². The van der Waals surface area contributed by atoms with Gasteiger partial charge in [0.05, 0.1) is 6.42 Å². The summed E-state index contributed by atoms with van der Waals surface area (Å²) in [6, 6.07) is 2.53. The van der Waals surface area contributed by atoms with Gasteiger partial charge in [-0.1, -0.05) is 0 Å². The number of nitrogens with one attached hydrogen (secondary N) is 1. The third-order valence-corrected chi connectivity index (χ3v) is 2.27. The number of aliphatic carboxylic acids is 2. The zero-order valence-electron chi connectivity index (χ0n) is 8.88. The molecule has 16 heavy (non-hydrogen) atoms. The summed E-state index contributed by atoms with van der Waals surface area (Å²) >= 11 is 0. The summed E-state index contributed by atoms with van der Waals surface area (Å²) < 4.78 is 0. The Kier molecular flexibility index (Phi) is 4.07. The Balaban J connectivity index is 2.71. The van der Waals surface area contributed by atoms with E-state index in [4.69, 9.17) is 10.2 Å². The first-order valence-electron chi connectivity index (χ1n) is 4.80. The number of hydrogen-bond acceptors (Lipinski definition) is 3. The van der Waals surface area contributed by atoms with E-state index in [1.807, 2.05) is 0 Å². The van der Waals surface area contributed by atoms with Crippen LogP contribution in [0.4, 0.5) is 0 Å². The maximum atomic E-state index is 11.1. The molecule has 1 rings (SSSR count). The molecule has 0 saturated heterocycles. The standard InChI is InChI=1S/C10H14N2O4/c1-12(6-4-8(13)14)9(10(15)16)7-3-2-5-11-7/h2-3,5,9,11H,4,6H2,1H3,(H,13,14)(H,15,16). The van der Waals surface area contributed by atoms with Crippen LogP contribution in [0.5, 0.6) is 0 Å². The molecule has 0 amide bonds. The summed E-state index contributed by atoms with van der Waals surface area (Å²) in [7, 11) is 1.59. The monoisotopic (exact) mass is 226 g/mol. The number of aromatic amines is 1. The fourth-order valence-corrected chi connectivity index (χ4v) is 1.47. The highest BCUT2D eigenvalue weighted by molar-refractivity contribution is 5.75.